The number of aromatic nitrogens is 2. The van der Waals surface area contributed by atoms with Crippen LogP contribution in [0.25, 0.3) is 10.8 Å². The molecule has 0 spiro atoms. The standard InChI is InChI=1S/C25H24N4O.H3O4P/c1-16(2)22-9-8-20(13-17(22)3)29-25(30)23-5-4-11-27-24(23)28-21-7-6-18-10-12-26-15-19(18)14-21;1-5(2,3)4/h4-16H,1-3H3,(H,27,28)(H,29,30);(H3,1,2,3,4). The monoisotopic (exact) mass is 494 g/mol. The largest absolute Gasteiger partial charge is 0.466 e. The molecule has 2 aromatic carbocycles. The lowest BCUT2D eigenvalue weighted by molar-refractivity contribution is 0.102. The molecule has 0 saturated carbocycles. The van der Waals surface area contributed by atoms with Crippen LogP contribution >= 0.6 is 7.82 Å². The zero-order valence-electron chi connectivity index (χ0n) is 19.5. The van der Waals surface area contributed by atoms with Gasteiger partial charge in [-0.25, -0.2) is 9.55 Å². The number of anilines is 3. The normalized spacial score (nSPS) is 11.1. The number of phosphoric acid groups is 1. The van der Waals surface area contributed by atoms with Crippen LogP contribution in [0.2, 0.25) is 0 Å². The quantitative estimate of drug-likeness (QED) is 0.240. The van der Waals surface area contributed by atoms with Gasteiger partial charge in [0, 0.05) is 35.4 Å². The van der Waals surface area contributed by atoms with Crippen molar-refractivity contribution in [3.05, 3.63) is 89.9 Å². The first kappa shape index (κ1) is 26.0. The Morgan fingerprint density at radius 2 is 1.66 bits per heavy atom. The number of rotatable bonds is 5. The topological polar surface area (TPSA) is 145 Å². The van der Waals surface area contributed by atoms with E-state index in [1.165, 1.54) is 5.56 Å². The Morgan fingerprint density at radius 1 is 0.943 bits per heavy atom. The van der Waals surface area contributed by atoms with E-state index in [2.05, 4.69) is 47.4 Å². The first-order chi connectivity index (χ1) is 16.5. The number of carbonyl (C=O) groups excluding carboxylic acids is 1. The van der Waals surface area contributed by atoms with E-state index in [1.54, 1.807) is 24.5 Å². The molecule has 10 heteroatoms. The molecule has 35 heavy (non-hydrogen) atoms. The summed E-state index contributed by atoms with van der Waals surface area (Å²) in [6.45, 7) is 6.39. The van der Waals surface area contributed by atoms with Crippen LogP contribution in [0.3, 0.4) is 0 Å². The zero-order chi connectivity index (χ0) is 25.6. The van der Waals surface area contributed by atoms with Crippen molar-refractivity contribution >= 4 is 41.7 Å². The van der Waals surface area contributed by atoms with E-state index in [4.69, 9.17) is 19.2 Å². The molecule has 9 nitrogen and oxygen atoms in total. The molecule has 2 heterocycles. The van der Waals surface area contributed by atoms with E-state index in [0.717, 1.165) is 27.7 Å². The summed E-state index contributed by atoms with van der Waals surface area (Å²) in [4.78, 5) is 43.1. The predicted molar refractivity (Wildman–Crippen MR) is 137 cm³/mol. The molecule has 0 saturated heterocycles. The molecule has 0 aliphatic carbocycles. The molecule has 0 bridgehead atoms. The SMILES string of the molecule is Cc1cc(NC(=O)c2cccnc2Nc2ccc3ccncc3c2)ccc1C(C)C.O=P(O)(O)O. The Morgan fingerprint density at radius 3 is 2.34 bits per heavy atom. The van der Waals surface area contributed by atoms with E-state index in [9.17, 15) is 4.79 Å². The summed E-state index contributed by atoms with van der Waals surface area (Å²) >= 11 is 0. The van der Waals surface area contributed by atoms with Crippen molar-refractivity contribution in [2.75, 3.05) is 10.6 Å². The van der Waals surface area contributed by atoms with Crippen LogP contribution in [-0.2, 0) is 4.57 Å². The molecular weight excluding hydrogens is 467 g/mol. The fourth-order valence-corrected chi connectivity index (χ4v) is 3.59. The molecule has 4 rings (SSSR count). The molecule has 2 aromatic heterocycles. The third-order valence-electron chi connectivity index (χ3n) is 5.11. The highest BCUT2D eigenvalue weighted by atomic mass is 31.2. The maximum atomic E-state index is 13.0. The number of aryl methyl sites for hydroxylation is 1. The first-order valence-corrected chi connectivity index (χ1v) is 12.3. The third kappa shape index (κ3) is 7.70. The van der Waals surface area contributed by atoms with Crippen molar-refractivity contribution in [3.8, 4) is 0 Å². The van der Waals surface area contributed by atoms with Gasteiger partial charge in [0.2, 0.25) is 0 Å². The van der Waals surface area contributed by atoms with Crippen LogP contribution in [0, 0.1) is 6.92 Å². The molecule has 4 aromatic rings. The van der Waals surface area contributed by atoms with Gasteiger partial charge in [-0.05, 0) is 71.8 Å². The summed E-state index contributed by atoms with van der Waals surface area (Å²) < 4.78 is 8.88. The smallest absolute Gasteiger partial charge is 0.340 e. The maximum absolute atomic E-state index is 13.0. The van der Waals surface area contributed by atoms with E-state index >= 15 is 0 Å². The van der Waals surface area contributed by atoms with Crippen molar-refractivity contribution in [2.45, 2.75) is 26.7 Å². The zero-order valence-corrected chi connectivity index (χ0v) is 20.4. The van der Waals surface area contributed by atoms with Gasteiger partial charge in [0.25, 0.3) is 5.91 Å². The number of amides is 1. The molecular formula is C25H27N4O5P. The summed E-state index contributed by atoms with van der Waals surface area (Å²) in [7, 11) is -4.64. The number of nitrogens with one attached hydrogen (secondary N) is 2. The summed E-state index contributed by atoms with van der Waals surface area (Å²) in [5.41, 5.74) is 4.54. The number of hydrogen-bond donors (Lipinski definition) is 5. The highest BCUT2D eigenvalue weighted by molar-refractivity contribution is 7.45. The van der Waals surface area contributed by atoms with Crippen molar-refractivity contribution in [1.82, 2.24) is 9.97 Å². The minimum absolute atomic E-state index is 0.204. The number of fused-ring (bicyclic) bond motifs is 1. The van der Waals surface area contributed by atoms with Crippen LogP contribution in [0.4, 0.5) is 17.2 Å². The second kappa shape index (κ2) is 11.2. The summed E-state index contributed by atoms with van der Waals surface area (Å²) in [6.07, 6.45) is 5.26. The number of nitrogens with zero attached hydrogens (tertiary/aromatic N) is 2. The van der Waals surface area contributed by atoms with Gasteiger partial charge in [0.05, 0.1) is 5.56 Å². The van der Waals surface area contributed by atoms with Gasteiger partial charge < -0.3 is 25.3 Å². The molecule has 0 atom stereocenters. The Hall–Kier alpha value is -3.62. The Kier molecular flexibility index (Phi) is 8.32. The van der Waals surface area contributed by atoms with Crippen molar-refractivity contribution in [2.24, 2.45) is 0 Å². The Labute approximate surface area is 203 Å². The molecule has 1 amide bonds. The van der Waals surface area contributed by atoms with Gasteiger partial charge in [-0.3, -0.25) is 9.78 Å². The molecule has 0 aliphatic heterocycles. The number of pyridine rings is 2. The van der Waals surface area contributed by atoms with Crippen LogP contribution in [0.1, 0.15) is 41.3 Å². The maximum Gasteiger partial charge on any atom is 0.466 e. The van der Waals surface area contributed by atoms with E-state index in [0.29, 0.717) is 17.3 Å². The fourth-order valence-electron chi connectivity index (χ4n) is 3.59. The summed E-state index contributed by atoms with van der Waals surface area (Å²) in [6, 6.07) is 17.5. The van der Waals surface area contributed by atoms with Crippen molar-refractivity contribution < 1.29 is 24.0 Å². The van der Waals surface area contributed by atoms with Crippen LogP contribution in [0.5, 0.6) is 0 Å². The average Bonchev–Trinajstić information content (AvgIpc) is 2.78. The Bertz CT molecular complexity index is 1380. The lowest BCUT2D eigenvalue weighted by atomic mass is 9.97. The van der Waals surface area contributed by atoms with Gasteiger partial charge in [-0.2, -0.15) is 0 Å². The summed E-state index contributed by atoms with van der Waals surface area (Å²) in [5, 5.41) is 8.38. The lowest BCUT2D eigenvalue weighted by Crippen LogP contribution is -2.15. The molecule has 182 valence electrons. The minimum Gasteiger partial charge on any atom is -0.340 e. The predicted octanol–water partition coefficient (Wildman–Crippen LogP) is 5.13. The Balaban J connectivity index is 0.000000623. The van der Waals surface area contributed by atoms with E-state index < -0.39 is 7.82 Å². The molecule has 0 unspecified atom stereocenters. The van der Waals surface area contributed by atoms with Crippen LogP contribution in [0.15, 0.2) is 73.2 Å². The van der Waals surface area contributed by atoms with Crippen molar-refractivity contribution in [3.63, 3.8) is 0 Å². The average molecular weight is 494 g/mol. The molecule has 5 N–H and O–H groups in total. The van der Waals surface area contributed by atoms with Gasteiger partial charge >= 0.3 is 7.82 Å². The highest BCUT2D eigenvalue weighted by Crippen LogP contribution is 2.26. The molecule has 0 fully saturated rings. The van der Waals surface area contributed by atoms with Crippen LogP contribution in [-0.4, -0.2) is 30.6 Å². The minimum atomic E-state index is -4.64. The van der Waals surface area contributed by atoms with Gasteiger partial charge in [-0.15, -0.1) is 0 Å². The number of hydrogen-bond acceptors (Lipinski definition) is 5. The van der Waals surface area contributed by atoms with Crippen molar-refractivity contribution in [1.29, 1.82) is 0 Å². The van der Waals surface area contributed by atoms with Gasteiger partial charge in [0.15, 0.2) is 0 Å². The second-order valence-corrected chi connectivity index (χ2v) is 9.18. The van der Waals surface area contributed by atoms with Gasteiger partial charge in [0.1, 0.15) is 5.82 Å². The van der Waals surface area contributed by atoms with Gasteiger partial charge in [-0.1, -0.05) is 26.0 Å². The van der Waals surface area contributed by atoms with E-state index in [1.807, 2.05) is 42.6 Å². The summed E-state index contributed by atoms with van der Waals surface area (Å²) in [5.74, 6) is 0.750. The number of carbonyl (C=O) groups is 1. The third-order valence-corrected chi connectivity index (χ3v) is 5.11. The van der Waals surface area contributed by atoms with E-state index in [-0.39, 0.29) is 5.91 Å². The molecule has 0 aliphatic rings. The van der Waals surface area contributed by atoms with Crippen LogP contribution < -0.4 is 10.6 Å². The second-order valence-electron chi connectivity index (χ2n) is 8.16. The lowest BCUT2D eigenvalue weighted by Gasteiger charge is -2.14. The fraction of sp³-hybridized carbons (Fsp3) is 0.160. The molecule has 0 radical (unpaired) electrons. The number of benzene rings is 2. The first-order valence-electron chi connectivity index (χ1n) is 10.8. The highest BCUT2D eigenvalue weighted by Gasteiger charge is 2.14.